The molecule has 11 nitrogen and oxygen atoms in total. The number of benzene rings is 4. The van der Waals surface area contributed by atoms with Crippen molar-refractivity contribution in [2.75, 3.05) is 0 Å². The van der Waals surface area contributed by atoms with Gasteiger partial charge in [0.1, 0.15) is 63.6 Å². The molecule has 208 valence electrons. The molecular weight excluding hydrogens is 536 g/mol. The first kappa shape index (κ1) is 25.7. The summed E-state index contributed by atoms with van der Waals surface area (Å²) in [6.45, 7) is 0. The summed E-state index contributed by atoms with van der Waals surface area (Å²) in [5, 5.41) is 72.1. The molecule has 0 unspecified atom stereocenters. The van der Waals surface area contributed by atoms with Crippen molar-refractivity contribution in [3.05, 3.63) is 88.5 Å². The van der Waals surface area contributed by atoms with Gasteiger partial charge in [0.15, 0.2) is 23.1 Å². The van der Waals surface area contributed by atoms with Crippen molar-refractivity contribution in [3.8, 4) is 51.7 Å². The maximum atomic E-state index is 14.1. The average molecular weight is 558 g/mol. The molecule has 0 saturated heterocycles. The Morgan fingerprint density at radius 3 is 2.00 bits per heavy atom. The van der Waals surface area contributed by atoms with E-state index in [1.54, 1.807) is 0 Å². The molecule has 6 rings (SSSR count). The smallest absolute Gasteiger partial charge is 0.182 e. The summed E-state index contributed by atoms with van der Waals surface area (Å²) in [6, 6.07) is 12.5. The van der Waals surface area contributed by atoms with Crippen LogP contribution in [0.1, 0.15) is 62.0 Å². The number of carbonyl (C=O) groups is 2. The lowest BCUT2D eigenvalue weighted by Crippen LogP contribution is -2.32. The molecule has 2 aliphatic heterocycles. The minimum atomic E-state index is -1.51. The Morgan fingerprint density at radius 2 is 1.29 bits per heavy atom. The van der Waals surface area contributed by atoms with E-state index in [-0.39, 0.29) is 45.9 Å². The fraction of sp³-hybridized carbons (Fsp3) is 0.133. The molecule has 0 amide bonds. The van der Waals surface area contributed by atoms with Gasteiger partial charge >= 0.3 is 0 Å². The van der Waals surface area contributed by atoms with Crippen molar-refractivity contribution in [3.63, 3.8) is 0 Å². The standard InChI is InChI=1S/C30H22O11/c31-14-4-1-12(2-5-14)22-11-21(38)24-19(36)10-20(37)26(30(24)40-22)27-28(39)25-18(35)8-15(32)9-23(25)41-29(27)13-3-6-16(33)17(34)7-13/h1-10,22,27,29,31-37H,11H2/t22-,27+,29-/m0/s1. The van der Waals surface area contributed by atoms with Crippen molar-refractivity contribution in [2.45, 2.75) is 24.5 Å². The largest absolute Gasteiger partial charge is 0.508 e. The highest BCUT2D eigenvalue weighted by Crippen LogP contribution is 2.55. The third kappa shape index (κ3) is 4.15. The van der Waals surface area contributed by atoms with E-state index < -0.39 is 64.2 Å². The number of hydrogen-bond donors (Lipinski definition) is 7. The fourth-order valence-corrected chi connectivity index (χ4v) is 5.35. The zero-order chi connectivity index (χ0) is 29.2. The molecule has 41 heavy (non-hydrogen) atoms. The molecule has 7 N–H and O–H groups in total. The number of phenols is 7. The van der Waals surface area contributed by atoms with E-state index in [1.165, 1.54) is 30.3 Å². The number of ether oxygens (including phenoxy) is 2. The number of rotatable bonds is 3. The van der Waals surface area contributed by atoms with Crippen molar-refractivity contribution >= 4 is 11.6 Å². The summed E-state index contributed by atoms with van der Waals surface area (Å²) in [5.41, 5.74) is -0.152. The molecule has 0 radical (unpaired) electrons. The quantitative estimate of drug-likeness (QED) is 0.176. The lowest BCUT2D eigenvalue weighted by molar-refractivity contribution is 0.0738. The van der Waals surface area contributed by atoms with Gasteiger partial charge in [-0.2, -0.15) is 0 Å². The van der Waals surface area contributed by atoms with Crippen LogP contribution in [-0.2, 0) is 0 Å². The second-order valence-electron chi connectivity index (χ2n) is 9.82. The number of ketones is 2. The predicted octanol–water partition coefficient (Wildman–Crippen LogP) is 4.43. The Kier molecular flexibility index (Phi) is 5.80. The molecule has 2 aliphatic rings. The Balaban J connectivity index is 1.58. The first-order chi connectivity index (χ1) is 19.5. The minimum absolute atomic E-state index is 0.0123. The monoisotopic (exact) mass is 558 g/mol. The van der Waals surface area contributed by atoms with Crippen LogP contribution >= 0.6 is 0 Å². The molecule has 0 bridgehead atoms. The fourth-order valence-electron chi connectivity index (χ4n) is 5.35. The molecule has 0 aromatic heterocycles. The SMILES string of the molecule is O=C1C[C@@H](c2ccc(O)cc2)Oc2c1c(O)cc(O)c2[C@@H]1C(=O)c2c(O)cc(O)cc2O[C@H]1c1ccc(O)c(O)c1. The van der Waals surface area contributed by atoms with Gasteiger partial charge in [-0.05, 0) is 35.4 Å². The van der Waals surface area contributed by atoms with Crippen molar-refractivity contribution in [1.29, 1.82) is 0 Å². The molecule has 0 fully saturated rings. The van der Waals surface area contributed by atoms with Gasteiger partial charge in [-0.1, -0.05) is 18.2 Å². The van der Waals surface area contributed by atoms with Crippen LogP contribution in [0.5, 0.6) is 51.7 Å². The lowest BCUT2D eigenvalue weighted by atomic mass is 9.78. The normalized spacial score (nSPS) is 19.6. The Bertz CT molecular complexity index is 1740. The van der Waals surface area contributed by atoms with Crippen LogP contribution in [0.3, 0.4) is 0 Å². The van der Waals surface area contributed by atoms with E-state index >= 15 is 0 Å². The van der Waals surface area contributed by atoms with Gasteiger partial charge < -0.3 is 45.2 Å². The van der Waals surface area contributed by atoms with Gasteiger partial charge in [0, 0.05) is 18.2 Å². The number of fused-ring (bicyclic) bond motifs is 2. The lowest BCUT2D eigenvalue weighted by Gasteiger charge is -2.36. The highest BCUT2D eigenvalue weighted by Gasteiger charge is 2.46. The first-order valence-electron chi connectivity index (χ1n) is 12.4. The first-order valence-corrected chi connectivity index (χ1v) is 12.4. The summed E-state index contributed by atoms with van der Waals surface area (Å²) < 4.78 is 12.2. The summed E-state index contributed by atoms with van der Waals surface area (Å²) in [5.74, 6) is -6.49. The number of phenolic OH excluding ortho intramolecular Hbond substituents is 7. The molecule has 0 aliphatic carbocycles. The predicted molar refractivity (Wildman–Crippen MR) is 140 cm³/mol. The molecular formula is C30H22O11. The molecule has 0 spiro atoms. The van der Waals surface area contributed by atoms with E-state index in [1.807, 2.05) is 0 Å². The van der Waals surface area contributed by atoms with Gasteiger partial charge in [0.2, 0.25) is 0 Å². The van der Waals surface area contributed by atoms with Crippen molar-refractivity contribution in [1.82, 2.24) is 0 Å². The van der Waals surface area contributed by atoms with Gasteiger partial charge in [-0.15, -0.1) is 0 Å². The molecule has 3 atom stereocenters. The van der Waals surface area contributed by atoms with E-state index in [9.17, 15) is 45.3 Å². The van der Waals surface area contributed by atoms with Crippen LogP contribution < -0.4 is 9.47 Å². The second-order valence-corrected chi connectivity index (χ2v) is 9.82. The third-order valence-corrected chi connectivity index (χ3v) is 7.24. The van der Waals surface area contributed by atoms with Crippen LogP contribution in [0, 0.1) is 0 Å². The summed E-state index contributed by atoms with van der Waals surface area (Å²) in [7, 11) is 0. The van der Waals surface area contributed by atoms with Gasteiger partial charge in [-0.25, -0.2) is 0 Å². The number of hydrogen-bond acceptors (Lipinski definition) is 11. The zero-order valence-corrected chi connectivity index (χ0v) is 21.0. The maximum absolute atomic E-state index is 14.1. The molecule has 0 saturated carbocycles. The topological polar surface area (TPSA) is 194 Å². The maximum Gasteiger partial charge on any atom is 0.182 e. The van der Waals surface area contributed by atoms with Crippen molar-refractivity contribution in [2.24, 2.45) is 0 Å². The number of carbonyl (C=O) groups excluding carboxylic acids is 2. The summed E-state index contributed by atoms with van der Waals surface area (Å²) in [4.78, 5) is 27.4. The molecule has 4 aromatic rings. The van der Waals surface area contributed by atoms with E-state index in [4.69, 9.17) is 9.47 Å². The van der Waals surface area contributed by atoms with Crippen LogP contribution in [-0.4, -0.2) is 47.3 Å². The highest BCUT2D eigenvalue weighted by atomic mass is 16.5. The number of aromatic hydroxyl groups is 7. The number of Topliss-reactive ketones (excluding diaryl/α,β-unsaturated/α-hetero) is 2. The highest BCUT2D eigenvalue weighted by molar-refractivity contribution is 6.09. The average Bonchev–Trinajstić information content (AvgIpc) is 2.90. The minimum Gasteiger partial charge on any atom is -0.508 e. The van der Waals surface area contributed by atoms with E-state index in [0.29, 0.717) is 5.56 Å². The van der Waals surface area contributed by atoms with Crippen LogP contribution in [0.25, 0.3) is 0 Å². The van der Waals surface area contributed by atoms with Crippen molar-refractivity contribution < 1.29 is 54.8 Å². The summed E-state index contributed by atoms with van der Waals surface area (Å²) in [6.07, 6.45) is -2.44. The summed E-state index contributed by atoms with van der Waals surface area (Å²) >= 11 is 0. The van der Waals surface area contributed by atoms with Crippen LogP contribution in [0.2, 0.25) is 0 Å². The Hall–Kier alpha value is -5.58. The molecule has 2 heterocycles. The Labute approximate surface area is 231 Å². The molecule has 11 heteroatoms. The van der Waals surface area contributed by atoms with Gasteiger partial charge in [-0.3, -0.25) is 9.59 Å². The zero-order valence-electron chi connectivity index (χ0n) is 21.0. The van der Waals surface area contributed by atoms with Crippen LogP contribution in [0.4, 0.5) is 0 Å². The van der Waals surface area contributed by atoms with Gasteiger partial charge in [0.25, 0.3) is 0 Å². The van der Waals surface area contributed by atoms with Crippen LogP contribution in [0.15, 0.2) is 60.7 Å². The van der Waals surface area contributed by atoms with Gasteiger partial charge in [0.05, 0.1) is 17.9 Å². The van der Waals surface area contributed by atoms with E-state index in [0.717, 1.165) is 30.3 Å². The second kappa shape index (κ2) is 9.26. The Morgan fingerprint density at radius 1 is 0.610 bits per heavy atom. The molecule has 4 aromatic carbocycles. The third-order valence-electron chi connectivity index (χ3n) is 7.24. The van der Waals surface area contributed by atoms with E-state index in [2.05, 4.69) is 0 Å².